The lowest BCUT2D eigenvalue weighted by Crippen LogP contribution is -2.48. The first-order valence-corrected chi connectivity index (χ1v) is 8.54. The van der Waals surface area contributed by atoms with Gasteiger partial charge in [-0.25, -0.2) is 4.39 Å². The normalized spacial score (nSPS) is 27.2. The van der Waals surface area contributed by atoms with Gasteiger partial charge in [-0.2, -0.15) is 0 Å². The van der Waals surface area contributed by atoms with Crippen LogP contribution >= 0.6 is 0 Å². The maximum absolute atomic E-state index is 13.9. The van der Waals surface area contributed by atoms with E-state index in [2.05, 4.69) is 26.1 Å². The molecule has 1 N–H and O–H groups in total. The number of halogens is 1. The first-order chi connectivity index (χ1) is 9.44. The van der Waals surface area contributed by atoms with Crippen molar-refractivity contribution in [2.45, 2.75) is 56.2 Å². The monoisotopic (exact) mass is 297 g/mol. The summed E-state index contributed by atoms with van der Waals surface area (Å²) in [5, 5.41) is 3.41. The van der Waals surface area contributed by atoms with Gasteiger partial charge in [0.25, 0.3) is 0 Å². The van der Waals surface area contributed by atoms with Crippen LogP contribution in [0.2, 0.25) is 0 Å². The van der Waals surface area contributed by atoms with Gasteiger partial charge >= 0.3 is 0 Å². The third-order valence-electron chi connectivity index (χ3n) is 4.13. The van der Waals surface area contributed by atoms with Crippen molar-refractivity contribution in [2.24, 2.45) is 5.41 Å². The molecule has 3 unspecified atom stereocenters. The Hall–Kier alpha value is -0.740. The van der Waals surface area contributed by atoms with Gasteiger partial charge in [-0.05, 0) is 43.4 Å². The third kappa shape index (κ3) is 3.47. The van der Waals surface area contributed by atoms with Crippen LogP contribution in [0.4, 0.5) is 4.39 Å². The summed E-state index contributed by atoms with van der Waals surface area (Å²) in [5.74, 6) is -0.357. The van der Waals surface area contributed by atoms with E-state index < -0.39 is 10.8 Å². The lowest BCUT2D eigenvalue weighted by Gasteiger charge is -2.40. The number of nitrogens with one attached hydrogen (secondary N) is 1. The topological polar surface area (TPSA) is 29.1 Å². The van der Waals surface area contributed by atoms with Crippen LogP contribution in [0.5, 0.6) is 0 Å². The molecule has 2 nitrogen and oxygen atoms in total. The number of rotatable bonds is 4. The molecule has 1 aliphatic carbocycles. The van der Waals surface area contributed by atoms with E-state index in [-0.39, 0.29) is 22.5 Å². The fourth-order valence-corrected chi connectivity index (χ4v) is 4.94. The molecule has 3 atom stereocenters. The quantitative estimate of drug-likeness (QED) is 0.921. The van der Waals surface area contributed by atoms with E-state index in [1.54, 1.807) is 18.2 Å². The number of hydrogen-bond acceptors (Lipinski definition) is 2. The Labute approximate surface area is 123 Å². The van der Waals surface area contributed by atoms with Crippen LogP contribution in [0.15, 0.2) is 29.2 Å². The second-order valence-electron chi connectivity index (χ2n) is 6.34. The molecule has 0 aromatic heterocycles. The number of hydrogen-bond donors (Lipinski definition) is 1. The lowest BCUT2D eigenvalue weighted by atomic mass is 9.75. The highest BCUT2D eigenvalue weighted by atomic mass is 32.2. The smallest absolute Gasteiger partial charge is 0.139 e. The lowest BCUT2D eigenvalue weighted by molar-refractivity contribution is 0.213. The molecule has 0 aliphatic heterocycles. The molecule has 0 spiro atoms. The zero-order chi connectivity index (χ0) is 14.8. The molecular weight excluding hydrogens is 273 g/mol. The average Bonchev–Trinajstić information content (AvgIpc) is 2.40. The highest BCUT2D eigenvalue weighted by Crippen LogP contribution is 2.39. The van der Waals surface area contributed by atoms with Crippen LogP contribution in [0, 0.1) is 11.2 Å². The van der Waals surface area contributed by atoms with Crippen LogP contribution < -0.4 is 5.32 Å². The van der Waals surface area contributed by atoms with E-state index in [9.17, 15) is 8.60 Å². The predicted octanol–water partition coefficient (Wildman–Crippen LogP) is 3.49. The van der Waals surface area contributed by atoms with Gasteiger partial charge < -0.3 is 5.32 Å². The average molecular weight is 297 g/mol. The Kier molecular flexibility index (Phi) is 4.97. The summed E-state index contributed by atoms with van der Waals surface area (Å²) in [4.78, 5) is 0.345. The molecule has 112 valence electrons. The SMILES string of the molecule is CCNC1CCC(C)(C)CC1S(=O)c1ccccc1F. The Bertz CT molecular complexity index is 489. The van der Waals surface area contributed by atoms with Crippen LogP contribution in [0.25, 0.3) is 0 Å². The minimum atomic E-state index is -1.30. The van der Waals surface area contributed by atoms with E-state index >= 15 is 0 Å². The third-order valence-corrected chi connectivity index (χ3v) is 5.94. The number of benzene rings is 1. The van der Waals surface area contributed by atoms with Crippen molar-refractivity contribution in [3.05, 3.63) is 30.1 Å². The molecule has 0 amide bonds. The molecule has 1 aromatic rings. The summed E-state index contributed by atoms with van der Waals surface area (Å²) in [6, 6.07) is 6.66. The van der Waals surface area contributed by atoms with Crippen LogP contribution in [0.1, 0.15) is 40.0 Å². The van der Waals surface area contributed by atoms with Gasteiger partial charge in [0.05, 0.1) is 20.9 Å². The molecule has 1 fully saturated rings. The van der Waals surface area contributed by atoms with Gasteiger partial charge in [-0.3, -0.25) is 4.21 Å². The summed E-state index contributed by atoms with van der Waals surface area (Å²) < 4.78 is 26.7. The van der Waals surface area contributed by atoms with Crippen LogP contribution in [-0.4, -0.2) is 22.0 Å². The summed E-state index contributed by atoms with van der Waals surface area (Å²) in [6.45, 7) is 7.33. The maximum atomic E-state index is 13.9. The van der Waals surface area contributed by atoms with Crippen molar-refractivity contribution in [3.8, 4) is 0 Å². The molecule has 1 saturated carbocycles. The molecule has 20 heavy (non-hydrogen) atoms. The largest absolute Gasteiger partial charge is 0.313 e. The van der Waals surface area contributed by atoms with Crippen molar-refractivity contribution < 1.29 is 8.60 Å². The van der Waals surface area contributed by atoms with E-state index in [0.717, 1.165) is 25.8 Å². The van der Waals surface area contributed by atoms with Gasteiger partial charge in [0.2, 0.25) is 0 Å². The highest BCUT2D eigenvalue weighted by Gasteiger charge is 2.38. The molecule has 0 heterocycles. The maximum Gasteiger partial charge on any atom is 0.139 e. The molecule has 1 aromatic carbocycles. The first kappa shape index (κ1) is 15.6. The summed E-state index contributed by atoms with van der Waals surface area (Å²) in [5.41, 5.74) is 0.178. The van der Waals surface area contributed by atoms with Gasteiger partial charge in [-0.15, -0.1) is 0 Å². The zero-order valence-corrected chi connectivity index (χ0v) is 13.3. The van der Waals surface area contributed by atoms with Crippen molar-refractivity contribution >= 4 is 10.8 Å². The summed E-state index contributed by atoms with van der Waals surface area (Å²) in [7, 11) is -1.30. The minimum Gasteiger partial charge on any atom is -0.313 e. The Morgan fingerprint density at radius 1 is 1.40 bits per heavy atom. The van der Waals surface area contributed by atoms with E-state index in [0.29, 0.717) is 4.90 Å². The van der Waals surface area contributed by atoms with Crippen molar-refractivity contribution in [1.82, 2.24) is 5.32 Å². The van der Waals surface area contributed by atoms with E-state index in [1.807, 2.05) is 0 Å². The Morgan fingerprint density at radius 2 is 2.10 bits per heavy atom. The van der Waals surface area contributed by atoms with Gasteiger partial charge in [-0.1, -0.05) is 32.9 Å². The predicted molar refractivity (Wildman–Crippen MR) is 81.7 cm³/mol. The van der Waals surface area contributed by atoms with Crippen molar-refractivity contribution in [2.75, 3.05) is 6.54 Å². The van der Waals surface area contributed by atoms with Gasteiger partial charge in [0, 0.05) is 6.04 Å². The first-order valence-electron chi connectivity index (χ1n) is 7.33. The second kappa shape index (κ2) is 6.35. The molecule has 0 bridgehead atoms. The van der Waals surface area contributed by atoms with Crippen molar-refractivity contribution in [1.29, 1.82) is 0 Å². The fraction of sp³-hybridized carbons (Fsp3) is 0.625. The summed E-state index contributed by atoms with van der Waals surface area (Å²) >= 11 is 0. The Balaban J connectivity index is 2.26. The molecule has 0 saturated heterocycles. The van der Waals surface area contributed by atoms with Gasteiger partial charge in [0.15, 0.2) is 0 Å². The minimum absolute atomic E-state index is 0.0180. The highest BCUT2D eigenvalue weighted by molar-refractivity contribution is 7.85. The van der Waals surface area contributed by atoms with Crippen LogP contribution in [-0.2, 0) is 10.8 Å². The fourth-order valence-electron chi connectivity index (χ4n) is 3.01. The van der Waals surface area contributed by atoms with Crippen molar-refractivity contribution in [3.63, 3.8) is 0 Å². The Morgan fingerprint density at radius 3 is 2.75 bits per heavy atom. The van der Waals surface area contributed by atoms with E-state index in [1.165, 1.54) is 6.07 Å². The standard InChI is InChI=1S/C16H24FNOS/c1-4-18-13-9-10-16(2,3)11-15(13)20(19)14-8-6-5-7-12(14)17/h5-8,13,15,18H,4,9-11H2,1-3H3. The molecule has 2 rings (SSSR count). The molecule has 4 heteroatoms. The second-order valence-corrected chi connectivity index (χ2v) is 7.98. The zero-order valence-electron chi connectivity index (χ0n) is 12.5. The molecule has 1 aliphatic rings. The van der Waals surface area contributed by atoms with E-state index in [4.69, 9.17) is 0 Å². The van der Waals surface area contributed by atoms with Crippen LogP contribution in [0.3, 0.4) is 0 Å². The molecular formula is C16H24FNOS. The van der Waals surface area contributed by atoms with Gasteiger partial charge in [0.1, 0.15) is 5.82 Å². The summed E-state index contributed by atoms with van der Waals surface area (Å²) in [6.07, 6.45) is 2.99. The molecule has 0 radical (unpaired) electrons.